The molecule has 86 valence electrons. The molecule has 1 rings (SSSR count). The molecule has 0 saturated heterocycles. The maximum atomic E-state index is 11.3. The molecule has 0 aliphatic heterocycles. The molecule has 3 N–H and O–H groups in total. The number of allylic oxidation sites excluding steroid dienone is 1. The molecule has 0 amide bonds. The van der Waals surface area contributed by atoms with Crippen molar-refractivity contribution in [2.45, 2.75) is 6.10 Å². The van der Waals surface area contributed by atoms with Crippen molar-refractivity contribution in [2.24, 2.45) is 0 Å². The standard InChI is InChI=1S/C10H11NO5/c1-15-7-3-6(12)8(10(14)16-2)9(13)5(7)4-11/h3,9,11-13H,1-2H3. The van der Waals surface area contributed by atoms with Gasteiger partial charge in [-0.2, -0.15) is 0 Å². The van der Waals surface area contributed by atoms with Gasteiger partial charge < -0.3 is 19.7 Å². The van der Waals surface area contributed by atoms with Gasteiger partial charge in [0.15, 0.2) is 0 Å². The Bertz CT molecular complexity index is 428. The summed E-state index contributed by atoms with van der Waals surface area (Å²) in [5.41, 5.74) is -0.376. The fraction of sp³-hybridized carbons (Fsp3) is 0.300. The molecule has 16 heavy (non-hydrogen) atoms. The van der Waals surface area contributed by atoms with E-state index in [4.69, 9.17) is 10.1 Å². The smallest absolute Gasteiger partial charge is 0.340 e. The summed E-state index contributed by atoms with van der Waals surface area (Å²) in [7, 11) is 2.44. The molecule has 0 fully saturated rings. The first-order valence-corrected chi connectivity index (χ1v) is 4.32. The normalized spacial score (nSPS) is 20.1. The SMILES string of the molecule is COC(=O)C1=C(O)C=C(OC)C(=C=N)C1O. The van der Waals surface area contributed by atoms with Crippen LogP contribution >= 0.6 is 0 Å². The third kappa shape index (κ3) is 1.84. The van der Waals surface area contributed by atoms with Crippen molar-refractivity contribution >= 4 is 11.8 Å². The summed E-state index contributed by atoms with van der Waals surface area (Å²) in [5.74, 6) is 0.711. The molecule has 0 bridgehead atoms. The van der Waals surface area contributed by atoms with Gasteiger partial charge in [-0.1, -0.05) is 0 Å². The van der Waals surface area contributed by atoms with Gasteiger partial charge in [0.2, 0.25) is 0 Å². The van der Waals surface area contributed by atoms with Crippen LogP contribution in [0.4, 0.5) is 0 Å². The zero-order chi connectivity index (χ0) is 12.3. The third-order valence-corrected chi connectivity index (χ3v) is 2.12. The minimum absolute atomic E-state index is 0.0410. The van der Waals surface area contributed by atoms with Crippen LogP contribution in [0.2, 0.25) is 0 Å². The van der Waals surface area contributed by atoms with Gasteiger partial charge in [-0.05, 0) is 5.87 Å². The van der Waals surface area contributed by atoms with Crippen LogP contribution in [0.25, 0.3) is 0 Å². The average molecular weight is 225 g/mol. The maximum absolute atomic E-state index is 11.3. The van der Waals surface area contributed by atoms with Crippen molar-refractivity contribution in [3.8, 4) is 0 Å². The Morgan fingerprint density at radius 2 is 2.19 bits per heavy atom. The van der Waals surface area contributed by atoms with Crippen LogP contribution in [0.3, 0.4) is 0 Å². The Morgan fingerprint density at radius 3 is 2.62 bits per heavy atom. The number of carbonyl (C=O) groups excluding carboxylic acids is 1. The number of aliphatic hydroxyl groups excluding tert-OH is 2. The fourth-order valence-corrected chi connectivity index (χ4v) is 1.32. The number of methoxy groups -OCH3 is 2. The zero-order valence-electron chi connectivity index (χ0n) is 8.77. The second kappa shape index (κ2) is 4.65. The molecule has 1 aliphatic rings. The van der Waals surface area contributed by atoms with Crippen LogP contribution in [0, 0.1) is 5.41 Å². The van der Waals surface area contributed by atoms with E-state index in [9.17, 15) is 15.0 Å². The van der Waals surface area contributed by atoms with Crippen LogP contribution in [0.1, 0.15) is 0 Å². The first-order valence-electron chi connectivity index (χ1n) is 4.32. The molecule has 1 atom stereocenters. The van der Waals surface area contributed by atoms with Crippen LogP contribution in [0.5, 0.6) is 0 Å². The summed E-state index contributed by atoms with van der Waals surface area (Å²) in [4.78, 5) is 11.3. The van der Waals surface area contributed by atoms with Gasteiger partial charge in [-0.3, -0.25) is 5.41 Å². The Balaban J connectivity index is 3.33. The third-order valence-electron chi connectivity index (χ3n) is 2.12. The van der Waals surface area contributed by atoms with Gasteiger partial charge in [0.1, 0.15) is 23.2 Å². The lowest BCUT2D eigenvalue weighted by atomic mass is 9.94. The fourth-order valence-electron chi connectivity index (χ4n) is 1.32. The number of aliphatic hydroxyl groups is 2. The number of ether oxygens (including phenoxy) is 2. The lowest BCUT2D eigenvalue weighted by Gasteiger charge is -2.21. The Labute approximate surface area is 91.6 Å². The molecule has 0 aromatic rings. The van der Waals surface area contributed by atoms with Gasteiger partial charge in [0.25, 0.3) is 0 Å². The van der Waals surface area contributed by atoms with E-state index < -0.39 is 17.8 Å². The summed E-state index contributed by atoms with van der Waals surface area (Å²) >= 11 is 0. The highest BCUT2D eigenvalue weighted by Gasteiger charge is 2.33. The minimum atomic E-state index is -1.48. The van der Waals surface area contributed by atoms with E-state index >= 15 is 0 Å². The summed E-state index contributed by atoms with van der Waals surface area (Å²) in [6.45, 7) is 0. The van der Waals surface area contributed by atoms with E-state index in [2.05, 4.69) is 4.74 Å². The number of esters is 1. The molecule has 6 nitrogen and oxygen atoms in total. The van der Waals surface area contributed by atoms with Crippen molar-refractivity contribution in [1.29, 1.82) is 5.41 Å². The van der Waals surface area contributed by atoms with Crippen molar-refractivity contribution < 1.29 is 24.5 Å². The molecular formula is C10H11NO5. The molecule has 1 aliphatic carbocycles. The molecule has 0 aromatic heterocycles. The molecule has 0 radical (unpaired) electrons. The second-order valence-electron chi connectivity index (χ2n) is 2.94. The van der Waals surface area contributed by atoms with Crippen molar-refractivity contribution in [3.05, 3.63) is 28.7 Å². The lowest BCUT2D eigenvalue weighted by molar-refractivity contribution is -0.137. The molecule has 0 saturated carbocycles. The molecule has 0 heterocycles. The van der Waals surface area contributed by atoms with Gasteiger partial charge in [-0.15, -0.1) is 0 Å². The van der Waals surface area contributed by atoms with Gasteiger partial charge in [0.05, 0.1) is 19.8 Å². The number of carbonyl (C=O) groups is 1. The summed E-state index contributed by atoms with van der Waals surface area (Å²) in [6, 6.07) is 0. The van der Waals surface area contributed by atoms with Gasteiger partial charge in [0, 0.05) is 6.08 Å². The molecule has 0 aromatic carbocycles. The number of rotatable bonds is 2. The average Bonchev–Trinajstić information content (AvgIpc) is 2.27. The van der Waals surface area contributed by atoms with Crippen molar-refractivity contribution in [3.63, 3.8) is 0 Å². The van der Waals surface area contributed by atoms with Crippen LogP contribution < -0.4 is 0 Å². The quantitative estimate of drug-likeness (QED) is 0.455. The summed E-state index contributed by atoms with van der Waals surface area (Å²) < 4.78 is 9.24. The first kappa shape index (κ1) is 12.0. The van der Waals surface area contributed by atoms with E-state index in [0.717, 1.165) is 13.2 Å². The van der Waals surface area contributed by atoms with Gasteiger partial charge in [-0.25, -0.2) is 4.79 Å². The van der Waals surface area contributed by atoms with Crippen molar-refractivity contribution in [2.75, 3.05) is 14.2 Å². The minimum Gasteiger partial charge on any atom is -0.507 e. The van der Waals surface area contributed by atoms with Crippen LogP contribution in [0.15, 0.2) is 28.7 Å². The summed E-state index contributed by atoms with van der Waals surface area (Å²) in [6.07, 6.45) is -0.361. The second-order valence-corrected chi connectivity index (χ2v) is 2.94. The lowest BCUT2D eigenvalue weighted by Crippen LogP contribution is -2.27. The van der Waals surface area contributed by atoms with E-state index in [-0.39, 0.29) is 16.9 Å². The number of hydrogen-bond donors (Lipinski definition) is 3. The zero-order valence-corrected chi connectivity index (χ0v) is 8.77. The van der Waals surface area contributed by atoms with Gasteiger partial charge >= 0.3 is 5.97 Å². The van der Waals surface area contributed by atoms with E-state index in [0.29, 0.717) is 0 Å². The predicted octanol–water partition coefficient (Wildman–Crippen LogP) is 0.0512. The molecule has 1 unspecified atom stereocenters. The van der Waals surface area contributed by atoms with E-state index in [1.165, 1.54) is 7.11 Å². The monoisotopic (exact) mass is 225 g/mol. The Kier molecular flexibility index (Phi) is 3.50. The topological polar surface area (TPSA) is 99.8 Å². The maximum Gasteiger partial charge on any atom is 0.340 e. The molecule has 0 spiro atoms. The highest BCUT2D eigenvalue weighted by atomic mass is 16.5. The first-order chi connectivity index (χ1) is 7.56. The molecule has 6 heteroatoms. The Morgan fingerprint density at radius 1 is 1.56 bits per heavy atom. The summed E-state index contributed by atoms with van der Waals surface area (Å²) in [5, 5.41) is 26.2. The Hall–Kier alpha value is -2.04. The predicted molar refractivity (Wildman–Crippen MR) is 54.0 cm³/mol. The van der Waals surface area contributed by atoms with E-state index in [1.807, 2.05) is 5.87 Å². The molecular weight excluding hydrogens is 214 g/mol. The number of nitrogens with one attached hydrogen (secondary N) is 1. The van der Waals surface area contributed by atoms with E-state index in [1.54, 1.807) is 0 Å². The van der Waals surface area contributed by atoms with Crippen molar-refractivity contribution in [1.82, 2.24) is 0 Å². The van der Waals surface area contributed by atoms with Crippen LogP contribution in [-0.4, -0.2) is 42.4 Å². The highest BCUT2D eigenvalue weighted by Crippen LogP contribution is 2.27. The highest BCUT2D eigenvalue weighted by molar-refractivity contribution is 5.93. The van der Waals surface area contributed by atoms with Crippen LogP contribution in [-0.2, 0) is 14.3 Å². The number of hydrogen-bond acceptors (Lipinski definition) is 6. The largest absolute Gasteiger partial charge is 0.507 e.